The van der Waals surface area contributed by atoms with Crippen LogP contribution in [0.4, 0.5) is 5.69 Å². The molecule has 1 aromatic heterocycles. The Labute approximate surface area is 117 Å². The van der Waals surface area contributed by atoms with Crippen LogP contribution in [-0.2, 0) is 0 Å². The molecule has 0 saturated heterocycles. The fourth-order valence-electron chi connectivity index (χ4n) is 1.40. The molecule has 0 unspecified atom stereocenters. The largest absolute Gasteiger partial charge is 0.320 e. The van der Waals surface area contributed by atoms with Crippen LogP contribution in [0.15, 0.2) is 34.1 Å². The van der Waals surface area contributed by atoms with E-state index in [0.29, 0.717) is 15.6 Å². The molecular formula is C12H9BrClNOS. The molecule has 0 aliphatic rings. The molecule has 17 heavy (non-hydrogen) atoms. The second-order valence-corrected chi connectivity index (χ2v) is 6.36. The fourth-order valence-corrected chi connectivity index (χ4v) is 2.95. The zero-order valence-electron chi connectivity index (χ0n) is 8.96. The van der Waals surface area contributed by atoms with Crippen molar-refractivity contribution < 1.29 is 4.79 Å². The van der Waals surface area contributed by atoms with Crippen molar-refractivity contribution in [2.45, 2.75) is 6.92 Å². The third kappa shape index (κ3) is 2.89. The Kier molecular flexibility index (Phi) is 3.86. The first-order valence-electron chi connectivity index (χ1n) is 4.90. The van der Waals surface area contributed by atoms with Gasteiger partial charge in [0.15, 0.2) is 0 Å². The van der Waals surface area contributed by atoms with Crippen molar-refractivity contribution in [2.24, 2.45) is 0 Å². The Morgan fingerprint density at radius 1 is 1.35 bits per heavy atom. The van der Waals surface area contributed by atoms with Gasteiger partial charge in [0, 0.05) is 0 Å². The second kappa shape index (κ2) is 5.21. The number of para-hydroxylation sites is 1. The number of nitrogens with one attached hydrogen (secondary N) is 1. The molecule has 0 fully saturated rings. The highest BCUT2D eigenvalue weighted by atomic mass is 79.9. The predicted molar refractivity (Wildman–Crippen MR) is 76.2 cm³/mol. The molecule has 0 aliphatic carbocycles. The summed E-state index contributed by atoms with van der Waals surface area (Å²) in [4.78, 5) is 12.6. The van der Waals surface area contributed by atoms with Crippen LogP contribution in [0.1, 0.15) is 15.2 Å². The van der Waals surface area contributed by atoms with E-state index in [1.54, 1.807) is 12.1 Å². The van der Waals surface area contributed by atoms with Crippen molar-refractivity contribution in [3.63, 3.8) is 0 Å². The number of aryl methyl sites for hydroxylation is 1. The minimum atomic E-state index is -0.142. The summed E-state index contributed by atoms with van der Waals surface area (Å²) < 4.78 is 0.929. The van der Waals surface area contributed by atoms with Crippen LogP contribution in [0.25, 0.3) is 0 Å². The minimum Gasteiger partial charge on any atom is -0.320 e. The lowest BCUT2D eigenvalue weighted by Crippen LogP contribution is -2.11. The van der Waals surface area contributed by atoms with Crippen LogP contribution in [0, 0.1) is 6.92 Å². The highest BCUT2D eigenvalue weighted by Gasteiger charge is 2.11. The Morgan fingerprint density at radius 2 is 2.12 bits per heavy atom. The van der Waals surface area contributed by atoms with Gasteiger partial charge in [-0.2, -0.15) is 0 Å². The first kappa shape index (κ1) is 12.6. The number of hydrogen-bond acceptors (Lipinski definition) is 2. The van der Waals surface area contributed by atoms with Gasteiger partial charge in [-0.15, -0.1) is 11.3 Å². The van der Waals surface area contributed by atoms with Gasteiger partial charge in [0.1, 0.15) is 0 Å². The first-order chi connectivity index (χ1) is 8.08. The average molecular weight is 331 g/mol. The number of carbonyl (C=O) groups is 1. The molecule has 1 aromatic carbocycles. The van der Waals surface area contributed by atoms with Gasteiger partial charge in [-0.1, -0.05) is 23.7 Å². The molecule has 0 atom stereocenters. The molecule has 1 N–H and O–H groups in total. The molecular weight excluding hydrogens is 322 g/mol. The summed E-state index contributed by atoms with van der Waals surface area (Å²) in [6, 6.07) is 9.14. The van der Waals surface area contributed by atoms with E-state index in [2.05, 4.69) is 21.2 Å². The third-order valence-electron chi connectivity index (χ3n) is 2.26. The number of rotatable bonds is 2. The van der Waals surface area contributed by atoms with Crippen molar-refractivity contribution in [2.75, 3.05) is 5.32 Å². The van der Waals surface area contributed by atoms with Crippen molar-refractivity contribution in [3.8, 4) is 0 Å². The Morgan fingerprint density at radius 3 is 2.71 bits per heavy atom. The van der Waals surface area contributed by atoms with E-state index in [9.17, 15) is 4.79 Å². The quantitative estimate of drug-likeness (QED) is 0.847. The zero-order chi connectivity index (χ0) is 12.4. The Bertz CT molecular complexity index is 547. The smallest absolute Gasteiger partial charge is 0.265 e. The van der Waals surface area contributed by atoms with E-state index in [1.807, 2.05) is 25.1 Å². The highest BCUT2D eigenvalue weighted by Crippen LogP contribution is 2.27. The maximum atomic E-state index is 12.0. The standard InChI is InChI=1S/C12H9BrClNOS/c1-7-3-2-4-8(14)11(7)15-12(16)9-5-6-10(13)17-9/h2-6H,1H3,(H,15,16). The van der Waals surface area contributed by atoms with Crippen molar-refractivity contribution in [1.29, 1.82) is 0 Å². The van der Waals surface area contributed by atoms with Crippen LogP contribution >= 0.6 is 38.9 Å². The van der Waals surface area contributed by atoms with Crippen LogP contribution in [0.3, 0.4) is 0 Å². The number of benzene rings is 1. The molecule has 2 rings (SSSR count). The van der Waals surface area contributed by atoms with Gasteiger partial charge in [-0.05, 0) is 46.6 Å². The van der Waals surface area contributed by atoms with Gasteiger partial charge in [-0.25, -0.2) is 0 Å². The van der Waals surface area contributed by atoms with Gasteiger partial charge in [-0.3, -0.25) is 4.79 Å². The topological polar surface area (TPSA) is 29.1 Å². The zero-order valence-corrected chi connectivity index (χ0v) is 12.1. The van der Waals surface area contributed by atoms with Crippen LogP contribution in [0.5, 0.6) is 0 Å². The van der Waals surface area contributed by atoms with Gasteiger partial charge >= 0.3 is 0 Å². The molecule has 1 heterocycles. The van der Waals surface area contributed by atoms with Crippen LogP contribution in [0.2, 0.25) is 5.02 Å². The molecule has 1 amide bonds. The molecule has 2 aromatic rings. The molecule has 5 heteroatoms. The van der Waals surface area contributed by atoms with E-state index >= 15 is 0 Å². The lowest BCUT2D eigenvalue weighted by molar-refractivity contribution is 0.103. The summed E-state index contributed by atoms with van der Waals surface area (Å²) in [7, 11) is 0. The number of anilines is 1. The number of thiophene rings is 1. The van der Waals surface area contributed by atoms with Crippen molar-refractivity contribution in [3.05, 3.63) is 49.6 Å². The first-order valence-corrected chi connectivity index (χ1v) is 6.88. The fraction of sp³-hybridized carbons (Fsp3) is 0.0833. The summed E-state index contributed by atoms with van der Waals surface area (Å²) in [6.45, 7) is 1.91. The van der Waals surface area contributed by atoms with Crippen LogP contribution in [-0.4, -0.2) is 5.91 Å². The number of hydrogen-bond donors (Lipinski definition) is 1. The summed E-state index contributed by atoms with van der Waals surface area (Å²) in [5, 5.41) is 3.38. The minimum absolute atomic E-state index is 0.142. The van der Waals surface area contributed by atoms with Crippen molar-refractivity contribution in [1.82, 2.24) is 0 Å². The monoisotopic (exact) mass is 329 g/mol. The summed E-state index contributed by atoms with van der Waals surface area (Å²) in [5.41, 5.74) is 1.62. The van der Waals surface area contributed by atoms with E-state index in [1.165, 1.54) is 11.3 Å². The van der Waals surface area contributed by atoms with Gasteiger partial charge in [0.2, 0.25) is 0 Å². The van der Waals surface area contributed by atoms with Gasteiger partial charge in [0.25, 0.3) is 5.91 Å². The lowest BCUT2D eigenvalue weighted by Gasteiger charge is -2.08. The summed E-state index contributed by atoms with van der Waals surface area (Å²) in [5.74, 6) is -0.142. The van der Waals surface area contributed by atoms with E-state index in [-0.39, 0.29) is 5.91 Å². The Balaban J connectivity index is 2.24. The molecule has 0 saturated carbocycles. The van der Waals surface area contributed by atoms with Gasteiger partial charge < -0.3 is 5.32 Å². The SMILES string of the molecule is Cc1cccc(Cl)c1NC(=O)c1ccc(Br)s1. The maximum absolute atomic E-state index is 12.0. The molecule has 0 spiro atoms. The molecule has 0 bridgehead atoms. The second-order valence-electron chi connectivity index (χ2n) is 3.49. The van der Waals surface area contributed by atoms with E-state index in [0.717, 1.165) is 9.35 Å². The number of halogens is 2. The summed E-state index contributed by atoms with van der Waals surface area (Å²) >= 11 is 10.8. The maximum Gasteiger partial charge on any atom is 0.265 e. The van der Waals surface area contributed by atoms with Crippen LogP contribution < -0.4 is 5.32 Å². The van der Waals surface area contributed by atoms with E-state index < -0.39 is 0 Å². The number of carbonyl (C=O) groups excluding carboxylic acids is 1. The molecule has 0 aliphatic heterocycles. The van der Waals surface area contributed by atoms with Crippen molar-refractivity contribution >= 4 is 50.5 Å². The average Bonchev–Trinajstić information content (AvgIpc) is 2.70. The lowest BCUT2D eigenvalue weighted by atomic mass is 10.2. The Hall–Kier alpha value is -0.840. The highest BCUT2D eigenvalue weighted by molar-refractivity contribution is 9.11. The predicted octanol–water partition coefficient (Wildman–Crippen LogP) is 4.72. The summed E-state index contributed by atoms with van der Waals surface area (Å²) in [6.07, 6.45) is 0. The molecule has 0 radical (unpaired) electrons. The van der Waals surface area contributed by atoms with E-state index in [4.69, 9.17) is 11.6 Å². The van der Waals surface area contributed by atoms with Gasteiger partial charge in [0.05, 0.1) is 19.4 Å². The number of amides is 1. The third-order valence-corrected chi connectivity index (χ3v) is 4.19. The molecule has 88 valence electrons. The molecule has 2 nitrogen and oxygen atoms in total. The normalized spacial score (nSPS) is 10.3.